The van der Waals surface area contributed by atoms with Gasteiger partial charge < -0.3 is 4.74 Å². The van der Waals surface area contributed by atoms with Gasteiger partial charge in [0.05, 0.1) is 11.7 Å². The van der Waals surface area contributed by atoms with Gasteiger partial charge in [-0.2, -0.15) is 0 Å². The van der Waals surface area contributed by atoms with E-state index in [0.717, 1.165) is 6.42 Å². The third-order valence-corrected chi connectivity index (χ3v) is 2.67. The van der Waals surface area contributed by atoms with Gasteiger partial charge in [-0.15, -0.1) is 0 Å². The summed E-state index contributed by atoms with van der Waals surface area (Å²) in [6.07, 6.45) is 10.1. The predicted molar refractivity (Wildman–Crippen MR) is 40.9 cm³/mol. The van der Waals surface area contributed by atoms with Crippen LogP contribution in [0.3, 0.4) is 0 Å². The van der Waals surface area contributed by atoms with E-state index in [4.69, 9.17) is 4.74 Å². The van der Waals surface area contributed by atoms with Gasteiger partial charge in [0.15, 0.2) is 0 Å². The van der Waals surface area contributed by atoms with Crippen LogP contribution >= 0.6 is 0 Å². The van der Waals surface area contributed by atoms with Crippen molar-refractivity contribution in [1.29, 1.82) is 0 Å². The Morgan fingerprint density at radius 2 is 2.60 bits per heavy atom. The van der Waals surface area contributed by atoms with Gasteiger partial charge in [-0.05, 0) is 32.6 Å². The summed E-state index contributed by atoms with van der Waals surface area (Å²) in [4.78, 5) is 0. The first kappa shape index (κ1) is 6.41. The van der Waals surface area contributed by atoms with Crippen molar-refractivity contribution in [2.45, 2.75) is 44.3 Å². The summed E-state index contributed by atoms with van der Waals surface area (Å²) in [5, 5.41) is 0. The van der Waals surface area contributed by atoms with Gasteiger partial charge in [-0.25, -0.2) is 0 Å². The molecule has 1 aliphatic heterocycles. The molecule has 1 heteroatoms. The number of rotatable bonds is 2. The van der Waals surface area contributed by atoms with Crippen LogP contribution in [0, 0.1) is 0 Å². The molecule has 2 aliphatic rings. The molecule has 0 amide bonds. The van der Waals surface area contributed by atoms with Crippen molar-refractivity contribution < 1.29 is 4.74 Å². The molecule has 0 radical (unpaired) electrons. The standard InChI is InChI=1S/C9H14O/c1-2-3-6-9-7-4-5-8(9)10-9/h2-3,8H,4-7H2,1H3. The van der Waals surface area contributed by atoms with Gasteiger partial charge in [-0.1, -0.05) is 12.2 Å². The molecule has 0 spiro atoms. The van der Waals surface area contributed by atoms with Crippen LogP contribution in [-0.2, 0) is 4.74 Å². The molecule has 56 valence electrons. The highest BCUT2D eigenvalue weighted by Crippen LogP contribution is 2.52. The summed E-state index contributed by atoms with van der Waals surface area (Å²) < 4.78 is 5.59. The largest absolute Gasteiger partial charge is 0.366 e. The molecule has 2 fully saturated rings. The third-order valence-electron chi connectivity index (χ3n) is 2.67. The summed E-state index contributed by atoms with van der Waals surface area (Å²) in [6, 6.07) is 0. The Labute approximate surface area is 62.1 Å². The van der Waals surface area contributed by atoms with Crippen molar-refractivity contribution >= 4 is 0 Å². The zero-order chi connectivity index (χ0) is 7.03. The summed E-state index contributed by atoms with van der Waals surface area (Å²) in [7, 11) is 0. The van der Waals surface area contributed by atoms with Crippen molar-refractivity contribution in [3.8, 4) is 0 Å². The molecule has 10 heavy (non-hydrogen) atoms. The van der Waals surface area contributed by atoms with E-state index >= 15 is 0 Å². The van der Waals surface area contributed by atoms with E-state index in [1.165, 1.54) is 19.3 Å². The highest BCUT2D eigenvalue weighted by molar-refractivity contribution is 5.10. The SMILES string of the molecule is CC=CCC12CCCC1O2. The van der Waals surface area contributed by atoms with Gasteiger partial charge in [0, 0.05) is 0 Å². The van der Waals surface area contributed by atoms with Gasteiger partial charge in [0.1, 0.15) is 0 Å². The fraction of sp³-hybridized carbons (Fsp3) is 0.778. The van der Waals surface area contributed by atoms with Crippen molar-refractivity contribution in [1.82, 2.24) is 0 Å². The smallest absolute Gasteiger partial charge is 0.0982 e. The predicted octanol–water partition coefficient (Wildman–Crippen LogP) is 2.27. The zero-order valence-electron chi connectivity index (χ0n) is 6.47. The highest BCUT2D eigenvalue weighted by Gasteiger charge is 2.57. The van der Waals surface area contributed by atoms with Crippen LogP contribution in [0.1, 0.15) is 32.6 Å². The van der Waals surface area contributed by atoms with Gasteiger partial charge in [0.2, 0.25) is 0 Å². The molecule has 1 saturated heterocycles. The Bertz CT molecular complexity index is 162. The lowest BCUT2D eigenvalue weighted by Gasteiger charge is -2.02. The molecule has 1 nitrogen and oxygen atoms in total. The Morgan fingerprint density at radius 3 is 3.10 bits per heavy atom. The fourth-order valence-corrected chi connectivity index (χ4v) is 1.98. The number of hydrogen-bond acceptors (Lipinski definition) is 1. The molecule has 2 atom stereocenters. The number of epoxide rings is 1. The van der Waals surface area contributed by atoms with Crippen LogP contribution in [-0.4, -0.2) is 11.7 Å². The second kappa shape index (κ2) is 2.09. The number of allylic oxidation sites excluding steroid dienone is 1. The molecule has 0 bridgehead atoms. The number of ether oxygens (including phenoxy) is 1. The molecular formula is C9H14O. The van der Waals surface area contributed by atoms with Gasteiger partial charge in [-0.3, -0.25) is 0 Å². The van der Waals surface area contributed by atoms with Crippen LogP contribution in [0.2, 0.25) is 0 Å². The van der Waals surface area contributed by atoms with Gasteiger partial charge >= 0.3 is 0 Å². The van der Waals surface area contributed by atoms with Crippen LogP contribution in [0.15, 0.2) is 12.2 Å². The minimum absolute atomic E-state index is 0.326. The van der Waals surface area contributed by atoms with Crippen molar-refractivity contribution in [3.63, 3.8) is 0 Å². The molecule has 1 heterocycles. The highest BCUT2D eigenvalue weighted by atomic mass is 16.6. The summed E-state index contributed by atoms with van der Waals surface area (Å²) in [6.45, 7) is 2.07. The van der Waals surface area contributed by atoms with E-state index in [1.807, 2.05) is 0 Å². The second-order valence-corrected chi connectivity index (χ2v) is 3.34. The van der Waals surface area contributed by atoms with E-state index in [2.05, 4.69) is 19.1 Å². The first-order valence-corrected chi connectivity index (χ1v) is 4.16. The number of hydrogen-bond donors (Lipinski definition) is 0. The Morgan fingerprint density at radius 1 is 1.70 bits per heavy atom. The maximum Gasteiger partial charge on any atom is 0.0982 e. The van der Waals surface area contributed by atoms with Crippen LogP contribution in [0.4, 0.5) is 0 Å². The molecule has 0 aromatic heterocycles. The van der Waals surface area contributed by atoms with E-state index in [-0.39, 0.29) is 0 Å². The minimum Gasteiger partial charge on any atom is -0.366 e. The van der Waals surface area contributed by atoms with E-state index < -0.39 is 0 Å². The normalized spacial score (nSPS) is 44.3. The lowest BCUT2D eigenvalue weighted by molar-refractivity contribution is 0.252. The number of fused-ring (bicyclic) bond motifs is 1. The van der Waals surface area contributed by atoms with Crippen LogP contribution in [0.5, 0.6) is 0 Å². The fourth-order valence-electron chi connectivity index (χ4n) is 1.98. The lowest BCUT2D eigenvalue weighted by Crippen LogP contribution is -2.06. The molecule has 1 aliphatic carbocycles. The zero-order valence-corrected chi connectivity index (χ0v) is 6.47. The molecule has 2 unspecified atom stereocenters. The van der Waals surface area contributed by atoms with Gasteiger partial charge in [0.25, 0.3) is 0 Å². The van der Waals surface area contributed by atoms with Crippen molar-refractivity contribution in [3.05, 3.63) is 12.2 Å². The average molecular weight is 138 g/mol. The average Bonchev–Trinajstić information content (AvgIpc) is 2.51. The van der Waals surface area contributed by atoms with Crippen LogP contribution in [0.25, 0.3) is 0 Å². The summed E-state index contributed by atoms with van der Waals surface area (Å²) in [5.74, 6) is 0. The molecule has 0 aromatic rings. The van der Waals surface area contributed by atoms with E-state index in [0.29, 0.717) is 11.7 Å². The molecular weight excluding hydrogens is 124 g/mol. The lowest BCUT2D eigenvalue weighted by atomic mass is 10.0. The maximum atomic E-state index is 5.59. The first-order chi connectivity index (χ1) is 4.87. The van der Waals surface area contributed by atoms with Crippen molar-refractivity contribution in [2.24, 2.45) is 0 Å². The third kappa shape index (κ3) is 0.807. The Hall–Kier alpha value is -0.300. The second-order valence-electron chi connectivity index (χ2n) is 3.34. The molecule has 0 N–H and O–H groups in total. The maximum absolute atomic E-state index is 5.59. The quantitative estimate of drug-likeness (QED) is 0.421. The molecule has 0 aromatic carbocycles. The Balaban J connectivity index is 1.92. The summed E-state index contributed by atoms with van der Waals surface area (Å²) in [5.41, 5.74) is 0.326. The van der Waals surface area contributed by atoms with Crippen molar-refractivity contribution in [2.75, 3.05) is 0 Å². The Kier molecular flexibility index (Phi) is 1.34. The molecule has 2 rings (SSSR count). The van der Waals surface area contributed by atoms with E-state index in [9.17, 15) is 0 Å². The van der Waals surface area contributed by atoms with E-state index in [1.54, 1.807) is 0 Å². The van der Waals surface area contributed by atoms with Crippen LogP contribution < -0.4 is 0 Å². The molecule has 1 saturated carbocycles. The topological polar surface area (TPSA) is 12.5 Å². The minimum atomic E-state index is 0.326. The first-order valence-electron chi connectivity index (χ1n) is 4.16. The monoisotopic (exact) mass is 138 g/mol. The summed E-state index contributed by atoms with van der Waals surface area (Å²) >= 11 is 0.